The predicted molar refractivity (Wildman–Crippen MR) is 578 cm³/mol. The molecule has 0 saturated carbocycles. The third-order valence-electron chi connectivity index (χ3n) is 28.1. The molecule has 0 aromatic rings. The summed E-state index contributed by atoms with van der Waals surface area (Å²) in [6, 6.07) is 0. The number of likely N-dealkylation sites (N-methyl/N-ethyl adjacent to an activating group) is 1. The normalized spacial score (nSPS) is 15.4. The molecule has 125 heavy (non-hydrogen) atoms. The molecule has 0 heterocycles. The fourth-order valence-electron chi connectivity index (χ4n) is 18.3. The van der Waals surface area contributed by atoms with Crippen molar-refractivity contribution >= 4 is 6.29 Å². The molecule has 0 bridgehead atoms. The van der Waals surface area contributed by atoms with Crippen LogP contribution in [0.15, 0.2) is 23.3 Å². The van der Waals surface area contributed by atoms with Gasteiger partial charge in [-0.2, -0.15) is 0 Å². The van der Waals surface area contributed by atoms with Gasteiger partial charge in [-0.15, -0.1) is 0 Å². The van der Waals surface area contributed by atoms with Crippen molar-refractivity contribution in [1.82, 2.24) is 30.7 Å². The van der Waals surface area contributed by atoms with Gasteiger partial charge in [0.15, 0.2) is 0 Å². The van der Waals surface area contributed by atoms with Crippen LogP contribution in [0, 0.1) is 102 Å². The molecule has 6 N–H and O–H groups in total. The van der Waals surface area contributed by atoms with Crippen LogP contribution in [0.5, 0.6) is 0 Å². The number of aliphatic hydroxyl groups excluding tert-OH is 1. The fraction of sp³-hybridized carbons (Fsp3) is 0.948. The summed E-state index contributed by atoms with van der Waals surface area (Å²) in [6.07, 6.45) is 75.1. The smallest absolute Gasteiger partial charge is 0.145 e. The molecule has 760 valence electrons. The number of aldehydes is 1. The Hall–Kier alpha value is -1.30. The summed E-state index contributed by atoms with van der Waals surface area (Å²) in [4.78, 5) is 17.9. The minimum atomic E-state index is 0. The van der Waals surface area contributed by atoms with Crippen molar-refractivity contribution in [3.8, 4) is 0 Å². The number of allylic oxidation sites excluding steroid dienone is 3. The maximum Gasteiger partial charge on any atom is 0.145 e. The van der Waals surface area contributed by atoms with Crippen LogP contribution < -0.4 is 16.0 Å². The van der Waals surface area contributed by atoms with Crippen LogP contribution in [0.1, 0.15) is 514 Å². The molecule has 16 atom stereocenters. The standard InChI is InChI=1S/C25H53N.C24H51N.C14H31N.C14H29N.C13H29N.C12H25O.C12H22O.C2H7N.H2O/c1-8-14-16-22(10-3)18-24(12-5)20-26(7)21-25(13-6)19-23(11-4)17-15-9-2;1-7-13-15-21(9-3)17-23(11-5)19-25-20-24(12-6)18-22(10-4)16-14-8-2;2*1-6-9-10-13(7-2)11-14(8-3)12-15(4)5;1-5-8-9-12(6-2)10-13(7-3)11-14-4;2*1-4-7-8-11(5-2)9-12(6-3)10-13;1-3-2;/h22-25H,8-21H2,1-7H3;21-25H,7-20H2,1-6H3;13-14H,6-12H2,1-5H3;11,13H,6-10,12H2,1-5H3;12-14H,5-11H2,1-4H3;11-13H,1,4-10H2,2-3H3;9-11H,4-8H2,1-3H3;3H,1-2H3;1H2/q;;;;;+1;;;/b;;;14-11+;;;12-9+;;. The molecule has 0 spiro atoms. The summed E-state index contributed by atoms with van der Waals surface area (Å²) in [7, 11) is 16.9. The van der Waals surface area contributed by atoms with E-state index in [4.69, 9.17) is 5.11 Å². The Balaban J connectivity index is -0.000000181. The number of nitrogens with zero attached hydrogens (tertiary/aromatic N) is 3. The first-order chi connectivity index (χ1) is 59.7. The lowest BCUT2D eigenvalue weighted by molar-refractivity contribution is -0.105. The second kappa shape index (κ2) is 111. The lowest BCUT2D eigenvalue weighted by atomic mass is 9.86. The van der Waals surface area contributed by atoms with Gasteiger partial charge >= 0.3 is 0 Å². The number of nitrogens with one attached hydrogen (secondary N) is 3. The molecule has 0 fully saturated rings. The molecule has 0 aliphatic carbocycles. The lowest BCUT2D eigenvalue weighted by Crippen LogP contribution is -2.32. The van der Waals surface area contributed by atoms with Crippen LogP contribution in [-0.2, 0) is 4.79 Å². The largest absolute Gasteiger partial charge is 0.412 e. The van der Waals surface area contributed by atoms with Crippen LogP contribution in [0.3, 0.4) is 0 Å². The number of carbonyl (C=O) groups excluding carboxylic acids is 1. The van der Waals surface area contributed by atoms with Gasteiger partial charge in [0.25, 0.3) is 0 Å². The van der Waals surface area contributed by atoms with Crippen molar-refractivity contribution in [2.75, 3.05) is 109 Å². The third kappa shape index (κ3) is 97.1. The highest BCUT2D eigenvalue weighted by atomic mass is 16.3. The van der Waals surface area contributed by atoms with E-state index in [0.29, 0.717) is 18.4 Å². The number of rotatable bonds is 77. The van der Waals surface area contributed by atoms with Crippen molar-refractivity contribution in [3.63, 3.8) is 0 Å². The third-order valence-corrected chi connectivity index (χ3v) is 28.1. The Morgan fingerprint density at radius 2 is 0.568 bits per heavy atom. The SMILES string of the molecule is CCCCC(/C=C(/C=O)CC)CC.CCCCC(/C=C(\CC)CN(C)C)CC.CCCCC(CC)CC(CC)CN(C)C.CCCCC(CC)CC(CC)CN(C)CC(CC)CC(CC)CCCC.CCCCC(CC)CC(CC)CNC.CCCCC(CC)CC(CC)CNCC(CC)CC(CC)CCCC.CNC.O.[CH2+]CCCC(CC)CC(CC)CO. The first-order valence-electron chi connectivity index (χ1n) is 55.9. The highest BCUT2D eigenvalue weighted by Gasteiger charge is 2.23. The van der Waals surface area contributed by atoms with Crippen molar-refractivity contribution in [1.29, 1.82) is 0 Å². The summed E-state index contributed by atoms with van der Waals surface area (Å²) in [6.45, 7) is 72.9. The number of hydrogen-bond donors (Lipinski definition) is 4. The number of unbranched alkanes of at least 4 members (excludes halogenated alkanes) is 9. The summed E-state index contributed by atoms with van der Waals surface area (Å²) in [5.74, 6) is 13.8. The minimum absolute atomic E-state index is 0. The number of aliphatic hydroxyl groups is 1. The molecular formula is C116H249N6O3+. The van der Waals surface area contributed by atoms with E-state index >= 15 is 0 Å². The Morgan fingerprint density at radius 3 is 0.792 bits per heavy atom. The number of hydrogen-bond acceptors (Lipinski definition) is 8. The van der Waals surface area contributed by atoms with Gasteiger partial charge in [-0.25, -0.2) is 0 Å². The summed E-state index contributed by atoms with van der Waals surface area (Å²) >= 11 is 0. The van der Waals surface area contributed by atoms with E-state index < -0.39 is 0 Å². The average molecular weight is 1780 g/mol. The lowest BCUT2D eigenvalue weighted by Gasteiger charge is -2.30. The summed E-state index contributed by atoms with van der Waals surface area (Å²) < 4.78 is 0. The van der Waals surface area contributed by atoms with Gasteiger partial charge in [-0.1, -0.05) is 429 Å². The summed E-state index contributed by atoms with van der Waals surface area (Å²) in [5, 5.41) is 19.0. The molecule has 0 rings (SSSR count). The zero-order valence-corrected chi connectivity index (χ0v) is 93.3. The van der Waals surface area contributed by atoms with Crippen molar-refractivity contribution < 1.29 is 15.4 Å². The zero-order valence-electron chi connectivity index (χ0n) is 93.3. The van der Waals surface area contributed by atoms with E-state index in [1.54, 1.807) is 5.57 Å². The highest BCUT2D eigenvalue weighted by molar-refractivity contribution is 5.72. The van der Waals surface area contributed by atoms with Gasteiger partial charge < -0.3 is 41.2 Å². The monoisotopic (exact) mass is 1770 g/mol. The van der Waals surface area contributed by atoms with E-state index in [1.807, 2.05) is 21.0 Å². The Bertz CT molecular complexity index is 1960. The molecule has 9 nitrogen and oxygen atoms in total. The molecule has 9 heteroatoms. The Labute approximate surface area is 795 Å². The first-order valence-corrected chi connectivity index (χ1v) is 55.9. The molecule has 0 saturated heterocycles. The molecule has 16 unspecified atom stereocenters. The van der Waals surface area contributed by atoms with E-state index in [9.17, 15) is 4.79 Å². The van der Waals surface area contributed by atoms with Crippen molar-refractivity contribution in [2.24, 2.45) is 94.7 Å². The average Bonchev–Trinajstić information content (AvgIpc) is 0.919. The minimum Gasteiger partial charge on any atom is -0.412 e. The predicted octanol–water partition coefficient (Wildman–Crippen LogP) is 34.3. The van der Waals surface area contributed by atoms with Gasteiger partial charge in [-0.05, 0) is 273 Å². The highest BCUT2D eigenvalue weighted by Crippen LogP contribution is 2.31. The molecule has 0 aromatic carbocycles. The van der Waals surface area contributed by atoms with E-state index in [-0.39, 0.29) is 5.48 Å². The fourth-order valence-corrected chi connectivity index (χ4v) is 18.3. The van der Waals surface area contributed by atoms with Crippen LogP contribution in [0.2, 0.25) is 0 Å². The van der Waals surface area contributed by atoms with Gasteiger partial charge in [0.2, 0.25) is 0 Å². The van der Waals surface area contributed by atoms with E-state index in [1.165, 1.54) is 347 Å². The van der Waals surface area contributed by atoms with Crippen molar-refractivity contribution in [2.45, 2.75) is 514 Å². The van der Waals surface area contributed by atoms with Gasteiger partial charge in [0.05, 0.1) is 13.3 Å². The number of carbonyl (C=O) groups is 1. The van der Waals surface area contributed by atoms with Crippen LogP contribution >= 0.6 is 0 Å². The Morgan fingerprint density at radius 1 is 0.312 bits per heavy atom. The van der Waals surface area contributed by atoms with E-state index in [2.05, 4.69) is 265 Å². The zero-order chi connectivity index (χ0) is 95.8. The van der Waals surface area contributed by atoms with Crippen LogP contribution in [-0.4, -0.2) is 140 Å². The quantitative estimate of drug-likeness (QED) is 0.0206. The molecule has 0 radical (unpaired) electrons. The maximum absolute atomic E-state index is 10.6. The maximum atomic E-state index is 10.6. The van der Waals surface area contributed by atoms with Crippen LogP contribution in [0.25, 0.3) is 0 Å². The topological polar surface area (TPSA) is 115 Å². The second-order valence-electron chi connectivity index (χ2n) is 40.0. The summed E-state index contributed by atoms with van der Waals surface area (Å²) in [5.41, 5.74) is 2.56. The molecular weight excluding hydrogens is 1530 g/mol. The van der Waals surface area contributed by atoms with Gasteiger partial charge in [0, 0.05) is 32.8 Å². The molecule has 0 aliphatic rings. The molecule has 0 aromatic heterocycles. The van der Waals surface area contributed by atoms with Gasteiger partial charge in [0.1, 0.15) is 6.29 Å². The van der Waals surface area contributed by atoms with Crippen molar-refractivity contribution in [3.05, 3.63) is 30.2 Å². The first kappa shape index (κ1) is 142. The van der Waals surface area contributed by atoms with E-state index in [0.717, 1.165) is 127 Å². The van der Waals surface area contributed by atoms with Gasteiger partial charge in [-0.3, -0.25) is 4.79 Å². The Kier molecular flexibility index (Phi) is 126. The second-order valence-corrected chi connectivity index (χ2v) is 40.0. The molecule has 0 amide bonds. The van der Waals surface area contributed by atoms with Crippen LogP contribution in [0.4, 0.5) is 0 Å². The molecule has 0 aliphatic heterocycles.